The fraction of sp³-hybridized carbons (Fsp3) is 0.941. The van der Waals surface area contributed by atoms with E-state index in [1.807, 2.05) is 0 Å². The standard InChI is InChI=1S/C17H35N/c1-8-12-17(7,15(9-2)10-3)14-18-13-16(5,6)11-4/h13,15H,8-12,14H2,1-7H3. The molecule has 1 nitrogen and oxygen atoms in total. The van der Waals surface area contributed by atoms with Gasteiger partial charge in [0.05, 0.1) is 0 Å². The summed E-state index contributed by atoms with van der Waals surface area (Å²) in [5.74, 6) is 0.805. The van der Waals surface area contributed by atoms with E-state index in [-0.39, 0.29) is 5.41 Å². The molecule has 0 heterocycles. The van der Waals surface area contributed by atoms with Gasteiger partial charge >= 0.3 is 0 Å². The predicted molar refractivity (Wildman–Crippen MR) is 84.5 cm³/mol. The summed E-state index contributed by atoms with van der Waals surface area (Å²) in [6.45, 7) is 17.1. The van der Waals surface area contributed by atoms with Gasteiger partial charge in [-0.05, 0) is 29.6 Å². The smallest absolute Gasteiger partial charge is 0.0442 e. The normalized spacial score (nSPS) is 16.4. The Bertz CT molecular complexity index is 238. The highest BCUT2D eigenvalue weighted by Gasteiger charge is 2.30. The Morgan fingerprint density at radius 1 is 1.00 bits per heavy atom. The molecule has 1 atom stereocenters. The minimum Gasteiger partial charge on any atom is -0.296 e. The van der Waals surface area contributed by atoms with Crippen molar-refractivity contribution in [3.8, 4) is 0 Å². The Morgan fingerprint density at radius 3 is 1.94 bits per heavy atom. The van der Waals surface area contributed by atoms with Crippen molar-refractivity contribution in [2.45, 2.75) is 80.6 Å². The molecular weight excluding hydrogens is 218 g/mol. The summed E-state index contributed by atoms with van der Waals surface area (Å²) in [5, 5.41) is 0. The zero-order valence-electron chi connectivity index (χ0n) is 13.8. The van der Waals surface area contributed by atoms with Gasteiger partial charge < -0.3 is 0 Å². The van der Waals surface area contributed by atoms with E-state index in [0.29, 0.717) is 5.41 Å². The first-order chi connectivity index (χ1) is 8.35. The van der Waals surface area contributed by atoms with Crippen LogP contribution in [-0.4, -0.2) is 12.8 Å². The largest absolute Gasteiger partial charge is 0.296 e. The second kappa shape index (κ2) is 7.96. The molecule has 0 N–H and O–H groups in total. The molecule has 0 aliphatic heterocycles. The highest BCUT2D eigenvalue weighted by Crippen LogP contribution is 2.37. The van der Waals surface area contributed by atoms with Crippen LogP contribution in [0.25, 0.3) is 0 Å². The number of hydrogen-bond acceptors (Lipinski definition) is 1. The van der Waals surface area contributed by atoms with Gasteiger partial charge in [-0.1, -0.05) is 67.7 Å². The van der Waals surface area contributed by atoms with Gasteiger partial charge in [0, 0.05) is 12.8 Å². The lowest BCUT2D eigenvalue weighted by molar-refractivity contribution is 0.166. The Kier molecular flexibility index (Phi) is 7.82. The van der Waals surface area contributed by atoms with Crippen molar-refractivity contribution >= 4 is 6.21 Å². The highest BCUT2D eigenvalue weighted by atomic mass is 14.7. The Balaban J connectivity index is 4.71. The van der Waals surface area contributed by atoms with Crippen LogP contribution in [0.1, 0.15) is 80.6 Å². The second-order valence-corrected chi connectivity index (χ2v) is 6.73. The lowest BCUT2D eigenvalue weighted by Gasteiger charge is -2.36. The van der Waals surface area contributed by atoms with Crippen LogP contribution in [0.2, 0.25) is 0 Å². The molecule has 0 radical (unpaired) electrons. The summed E-state index contributed by atoms with van der Waals surface area (Å²) in [6.07, 6.45) is 8.46. The van der Waals surface area contributed by atoms with Gasteiger partial charge in [-0.2, -0.15) is 0 Å². The molecule has 0 aliphatic rings. The summed E-state index contributed by atoms with van der Waals surface area (Å²) in [4.78, 5) is 4.80. The van der Waals surface area contributed by atoms with E-state index in [2.05, 4.69) is 54.7 Å². The van der Waals surface area contributed by atoms with Crippen LogP contribution in [0.4, 0.5) is 0 Å². The predicted octanol–water partition coefficient (Wildman–Crippen LogP) is 5.74. The number of aliphatic imine (C=N–C) groups is 1. The quantitative estimate of drug-likeness (QED) is 0.465. The Labute approximate surface area is 115 Å². The van der Waals surface area contributed by atoms with E-state index >= 15 is 0 Å². The van der Waals surface area contributed by atoms with Gasteiger partial charge in [0.15, 0.2) is 0 Å². The lowest BCUT2D eigenvalue weighted by atomic mass is 9.71. The van der Waals surface area contributed by atoms with Crippen molar-refractivity contribution in [1.82, 2.24) is 0 Å². The third kappa shape index (κ3) is 5.54. The van der Waals surface area contributed by atoms with E-state index in [0.717, 1.165) is 18.9 Å². The molecule has 0 saturated heterocycles. The van der Waals surface area contributed by atoms with Gasteiger partial charge in [-0.15, -0.1) is 0 Å². The van der Waals surface area contributed by atoms with Crippen LogP contribution >= 0.6 is 0 Å². The van der Waals surface area contributed by atoms with Gasteiger partial charge in [0.2, 0.25) is 0 Å². The molecule has 0 amide bonds. The summed E-state index contributed by atoms with van der Waals surface area (Å²) < 4.78 is 0. The number of hydrogen-bond donors (Lipinski definition) is 0. The zero-order chi connectivity index (χ0) is 14.2. The van der Waals surface area contributed by atoms with Gasteiger partial charge in [-0.25, -0.2) is 0 Å². The third-order valence-corrected chi connectivity index (χ3v) is 4.60. The summed E-state index contributed by atoms with van der Waals surface area (Å²) in [7, 11) is 0. The van der Waals surface area contributed by atoms with E-state index < -0.39 is 0 Å². The van der Waals surface area contributed by atoms with Crippen LogP contribution in [-0.2, 0) is 0 Å². The molecule has 0 spiro atoms. The van der Waals surface area contributed by atoms with E-state index in [9.17, 15) is 0 Å². The van der Waals surface area contributed by atoms with Crippen molar-refractivity contribution in [3.05, 3.63) is 0 Å². The van der Waals surface area contributed by atoms with Gasteiger partial charge in [0.1, 0.15) is 0 Å². The molecule has 18 heavy (non-hydrogen) atoms. The van der Waals surface area contributed by atoms with Crippen molar-refractivity contribution < 1.29 is 0 Å². The minimum absolute atomic E-state index is 0.251. The van der Waals surface area contributed by atoms with Crippen molar-refractivity contribution in [3.63, 3.8) is 0 Å². The van der Waals surface area contributed by atoms with Crippen molar-refractivity contribution in [2.24, 2.45) is 21.7 Å². The molecule has 0 aliphatic carbocycles. The molecule has 1 unspecified atom stereocenters. The maximum atomic E-state index is 4.80. The molecular formula is C17H35N. The van der Waals surface area contributed by atoms with Crippen LogP contribution in [0, 0.1) is 16.7 Å². The lowest BCUT2D eigenvalue weighted by Crippen LogP contribution is -2.30. The van der Waals surface area contributed by atoms with Crippen LogP contribution in [0.3, 0.4) is 0 Å². The highest BCUT2D eigenvalue weighted by molar-refractivity contribution is 5.64. The first-order valence-corrected chi connectivity index (χ1v) is 7.86. The molecule has 1 heteroatoms. The molecule has 0 bridgehead atoms. The molecule has 0 rings (SSSR count). The van der Waals surface area contributed by atoms with Crippen LogP contribution < -0.4 is 0 Å². The van der Waals surface area contributed by atoms with Crippen molar-refractivity contribution in [1.29, 1.82) is 0 Å². The molecule has 0 aromatic carbocycles. The fourth-order valence-electron chi connectivity index (χ4n) is 2.85. The van der Waals surface area contributed by atoms with E-state index in [4.69, 9.17) is 4.99 Å². The maximum absolute atomic E-state index is 4.80. The Hall–Kier alpha value is -0.330. The average molecular weight is 253 g/mol. The average Bonchev–Trinajstić information content (AvgIpc) is 2.30. The van der Waals surface area contributed by atoms with Gasteiger partial charge in [-0.3, -0.25) is 4.99 Å². The minimum atomic E-state index is 0.251. The summed E-state index contributed by atoms with van der Waals surface area (Å²) >= 11 is 0. The maximum Gasteiger partial charge on any atom is 0.0442 e. The molecule has 0 fully saturated rings. The van der Waals surface area contributed by atoms with Crippen LogP contribution in [0.15, 0.2) is 4.99 Å². The van der Waals surface area contributed by atoms with Crippen LogP contribution in [0.5, 0.6) is 0 Å². The molecule has 0 saturated carbocycles. The summed E-state index contributed by atoms with van der Waals surface area (Å²) in [5.41, 5.74) is 0.639. The topological polar surface area (TPSA) is 12.4 Å². The first kappa shape index (κ1) is 17.7. The first-order valence-electron chi connectivity index (χ1n) is 7.86. The zero-order valence-corrected chi connectivity index (χ0v) is 13.8. The van der Waals surface area contributed by atoms with E-state index in [1.54, 1.807) is 0 Å². The number of nitrogens with zero attached hydrogens (tertiary/aromatic N) is 1. The summed E-state index contributed by atoms with van der Waals surface area (Å²) in [6, 6.07) is 0. The Morgan fingerprint density at radius 2 is 1.56 bits per heavy atom. The molecule has 0 aromatic heterocycles. The molecule has 108 valence electrons. The van der Waals surface area contributed by atoms with Gasteiger partial charge in [0.25, 0.3) is 0 Å². The SMILES string of the molecule is CCCC(C)(CN=CC(C)(C)CC)C(CC)CC. The monoisotopic (exact) mass is 253 g/mol. The second-order valence-electron chi connectivity index (χ2n) is 6.73. The van der Waals surface area contributed by atoms with E-state index in [1.165, 1.54) is 25.7 Å². The third-order valence-electron chi connectivity index (χ3n) is 4.60. The molecule has 0 aromatic rings. The number of rotatable bonds is 9. The fourth-order valence-corrected chi connectivity index (χ4v) is 2.85. The van der Waals surface area contributed by atoms with Crippen molar-refractivity contribution in [2.75, 3.05) is 6.54 Å².